The highest BCUT2D eigenvalue weighted by Crippen LogP contribution is 2.43. The molecule has 5 rings (SSSR count). The molecule has 0 saturated carbocycles. The number of hydrogen-bond acceptors (Lipinski definition) is 8. The van der Waals surface area contributed by atoms with Gasteiger partial charge in [0.15, 0.2) is 0 Å². The Morgan fingerprint density at radius 3 is 2.68 bits per heavy atom. The fourth-order valence-electron chi connectivity index (χ4n) is 3.74. The Balaban J connectivity index is 1.36. The summed E-state index contributed by atoms with van der Waals surface area (Å²) in [5.74, 6) is -0.150. The number of alkyl halides is 1. The van der Waals surface area contributed by atoms with Gasteiger partial charge in [-0.25, -0.2) is 0 Å². The molecule has 31 heavy (non-hydrogen) atoms. The molecular formula is C21H20ClN7OS. The fourth-order valence-corrected chi connectivity index (χ4v) is 5.00. The van der Waals surface area contributed by atoms with E-state index in [1.54, 1.807) is 4.90 Å². The Morgan fingerprint density at radius 1 is 1.13 bits per heavy atom. The number of rotatable bonds is 5. The molecule has 0 aliphatic carbocycles. The third-order valence-corrected chi connectivity index (χ3v) is 6.74. The Bertz CT molecular complexity index is 1150. The third kappa shape index (κ3) is 3.53. The predicted molar refractivity (Wildman–Crippen MR) is 123 cm³/mol. The van der Waals surface area contributed by atoms with Crippen LogP contribution in [-0.2, 0) is 11.3 Å². The minimum atomic E-state index is -0.605. The first-order valence-electron chi connectivity index (χ1n) is 9.81. The Kier molecular flexibility index (Phi) is 5.07. The molecule has 10 heteroatoms. The van der Waals surface area contributed by atoms with Gasteiger partial charge in [-0.1, -0.05) is 35.6 Å². The van der Waals surface area contributed by atoms with Gasteiger partial charge >= 0.3 is 0 Å². The number of hydrogen-bond donors (Lipinski definition) is 0. The average Bonchev–Trinajstić information content (AvgIpc) is 3.24. The lowest BCUT2D eigenvalue weighted by Crippen LogP contribution is -2.56. The number of benzene rings is 2. The number of para-hydroxylation sites is 1. The first-order chi connectivity index (χ1) is 15.0. The van der Waals surface area contributed by atoms with Crippen molar-refractivity contribution in [3.8, 4) is 0 Å². The van der Waals surface area contributed by atoms with Crippen LogP contribution in [0.15, 0.2) is 58.8 Å². The van der Waals surface area contributed by atoms with Crippen LogP contribution in [0.2, 0.25) is 0 Å². The number of nitrogens with zero attached hydrogens (tertiary/aromatic N) is 7. The van der Waals surface area contributed by atoms with Crippen molar-refractivity contribution in [3.63, 3.8) is 0 Å². The van der Waals surface area contributed by atoms with Crippen molar-refractivity contribution in [1.29, 1.82) is 0 Å². The Hall–Kier alpha value is -3.04. The molecule has 1 fully saturated rings. The van der Waals surface area contributed by atoms with Crippen molar-refractivity contribution in [3.05, 3.63) is 59.1 Å². The van der Waals surface area contributed by atoms with Gasteiger partial charge in [0.1, 0.15) is 22.7 Å². The van der Waals surface area contributed by atoms with Crippen LogP contribution >= 0.6 is 22.9 Å². The van der Waals surface area contributed by atoms with Gasteiger partial charge < -0.3 is 9.80 Å². The maximum Gasteiger partial charge on any atom is 0.250 e. The largest absolute Gasteiger partial charge is 0.378 e. The molecule has 0 N–H and O–H groups in total. The third-order valence-electron chi connectivity index (χ3n) is 5.40. The standard InChI is InChI=1S/C21H20ClN7OS/c1-27(2)14-9-7-13(8-10-14)19-18(22)20(30)29(19)21-26-25-17(31-21)11-28-12-23-24-15-5-3-4-6-16(15)28/h3-10,18-19H,11-12H2,1-2H3. The first kappa shape index (κ1) is 19.9. The lowest BCUT2D eigenvalue weighted by molar-refractivity contribution is -0.123. The van der Waals surface area contributed by atoms with Crippen LogP contribution in [0.3, 0.4) is 0 Å². The van der Waals surface area contributed by atoms with Crippen LogP contribution in [0.25, 0.3) is 0 Å². The van der Waals surface area contributed by atoms with E-state index in [2.05, 4.69) is 25.3 Å². The summed E-state index contributed by atoms with van der Waals surface area (Å²) in [6.07, 6.45) is 0. The zero-order chi connectivity index (χ0) is 21.5. The van der Waals surface area contributed by atoms with Gasteiger partial charge in [-0.05, 0) is 29.8 Å². The first-order valence-corrected chi connectivity index (χ1v) is 11.1. The van der Waals surface area contributed by atoms with Gasteiger partial charge in [0.05, 0.1) is 18.3 Å². The van der Waals surface area contributed by atoms with Crippen molar-refractivity contribution < 1.29 is 4.79 Å². The zero-order valence-corrected chi connectivity index (χ0v) is 18.6. The summed E-state index contributed by atoms with van der Waals surface area (Å²) in [5.41, 5.74) is 3.91. The molecule has 2 aliphatic heterocycles. The van der Waals surface area contributed by atoms with Crippen molar-refractivity contribution in [2.45, 2.75) is 18.0 Å². The Morgan fingerprint density at radius 2 is 1.90 bits per heavy atom. The van der Waals surface area contributed by atoms with Gasteiger partial charge in [-0.2, -0.15) is 10.2 Å². The van der Waals surface area contributed by atoms with Gasteiger partial charge in [-0.15, -0.1) is 21.8 Å². The summed E-state index contributed by atoms with van der Waals surface area (Å²) in [5, 5.41) is 17.8. The van der Waals surface area contributed by atoms with Crippen LogP contribution < -0.4 is 14.7 Å². The van der Waals surface area contributed by atoms with E-state index in [1.807, 2.05) is 67.5 Å². The molecule has 2 unspecified atom stereocenters. The molecule has 158 valence electrons. The number of aromatic nitrogens is 2. The quantitative estimate of drug-likeness (QED) is 0.423. The summed E-state index contributed by atoms with van der Waals surface area (Å²) < 4.78 is 0. The molecule has 2 aromatic carbocycles. The number of β-lactam (4-membered cyclic amide) rings is 1. The van der Waals surface area contributed by atoms with Gasteiger partial charge in [-0.3, -0.25) is 9.69 Å². The van der Waals surface area contributed by atoms with E-state index in [4.69, 9.17) is 11.6 Å². The van der Waals surface area contributed by atoms with Crippen molar-refractivity contribution in [2.24, 2.45) is 10.2 Å². The monoisotopic (exact) mass is 453 g/mol. The maximum absolute atomic E-state index is 12.6. The highest BCUT2D eigenvalue weighted by Gasteiger charge is 2.49. The second kappa shape index (κ2) is 7.90. The molecule has 2 aliphatic rings. The molecule has 1 amide bonds. The molecule has 3 aromatic rings. The van der Waals surface area contributed by atoms with Gasteiger partial charge in [0.2, 0.25) is 11.0 Å². The van der Waals surface area contributed by atoms with Crippen LogP contribution in [-0.4, -0.2) is 42.2 Å². The van der Waals surface area contributed by atoms with E-state index in [9.17, 15) is 4.79 Å². The lowest BCUT2D eigenvalue weighted by atomic mass is 9.94. The van der Waals surface area contributed by atoms with E-state index in [0.29, 0.717) is 18.3 Å². The van der Waals surface area contributed by atoms with Crippen LogP contribution in [0, 0.1) is 0 Å². The predicted octanol–water partition coefficient (Wildman–Crippen LogP) is 4.36. The number of azo groups is 1. The molecule has 3 heterocycles. The van der Waals surface area contributed by atoms with E-state index in [-0.39, 0.29) is 11.9 Å². The average molecular weight is 454 g/mol. The topological polar surface area (TPSA) is 77.3 Å². The maximum atomic E-state index is 12.6. The summed E-state index contributed by atoms with van der Waals surface area (Å²) in [6.45, 7) is 1.00. The second-order valence-electron chi connectivity index (χ2n) is 7.59. The van der Waals surface area contributed by atoms with Crippen LogP contribution in [0.1, 0.15) is 16.6 Å². The normalized spacial score (nSPS) is 19.9. The lowest BCUT2D eigenvalue weighted by Gasteiger charge is -2.42. The van der Waals surface area contributed by atoms with E-state index in [0.717, 1.165) is 27.6 Å². The Labute approximate surface area is 188 Å². The molecule has 8 nitrogen and oxygen atoms in total. The number of amides is 1. The summed E-state index contributed by atoms with van der Waals surface area (Å²) >= 11 is 7.79. The zero-order valence-electron chi connectivity index (χ0n) is 17.0. The molecular weight excluding hydrogens is 434 g/mol. The van der Waals surface area contributed by atoms with Crippen LogP contribution in [0.5, 0.6) is 0 Å². The van der Waals surface area contributed by atoms with Gasteiger partial charge in [0.25, 0.3) is 0 Å². The van der Waals surface area contributed by atoms with E-state index >= 15 is 0 Å². The number of anilines is 3. The van der Waals surface area contributed by atoms with Crippen molar-refractivity contribution in [1.82, 2.24) is 10.2 Å². The van der Waals surface area contributed by atoms with E-state index in [1.165, 1.54) is 11.3 Å². The molecule has 2 atom stereocenters. The molecule has 0 radical (unpaired) electrons. The van der Waals surface area contributed by atoms with Crippen molar-refractivity contribution in [2.75, 3.05) is 35.5 Å². The molecule has 0 bridgehead atoms. The second-order valence-corrected chi connectivity index (χ2v) is 9.10. The smallest absolute Gasteiger partial charge is 0.250 e. The van der Waals surface area contributed by atoms with E-state index < -0.39 is 5.38 Å². The highest BCUT2D eigenvalue weighted by molar-refractivity contribution is 7.15. The fraction of sp³-hybridized carbons (Fsp3) is 0.286. The number of fused-ring (bicyclic) bond motifs is 1. The summed E-state index contributed by atoms with van der Waals surface area (Å²) in [7, 11) is 3.98. The number of halogens is 1. The minimum absolute atomic E-state index is 0.150. The molecule has 1 aromatic heterocycles. The number of carbonyl (C=O) groups excluding carboxylic acids is 1. The molecule has 0 spiro atoms. The molecule has 1 saturated heterocycles. The SMILES string of the molecule is CN(C)c1ccc(C2C(Cl)C(=O)N2c2nnc(CN3CN=Nc4ccccc43)s2)cc1. The summed E-state index contributed by atoms with van der Waals surface area (Å²) in [4.78, 5) is 18.3. The summed E-state index contributed by atoms with van der Waals surface area (Å²) in [6, 6.07) is 15.7. The highest BCUT2D eigenvalue weighted by atomic mass is 35.5. The van der Waals surface area contributed by atoms with Crippen molar-refractivity contribution >= 4 is 51.0 Å². The number of carbonyl (C=O) groups is 1. The van der Waals surface area contributed by atoms with Gasteiger partial charge in [0, 0.05) is 19.8 Å². The minimum Gasteiger partial charge on any atom is -0.378 e. The van der Waals surface area contributed by atoms with Crippen LogP contribution in [0.4, 0.5) is 22.2 Å².